The number of benzene rings is 1. The van der Waals surface area contributed by atoms with Gasteiger partial charge in [0.2, 0.25) is 0 Å². The topological polar surface area (TPSA) is 40.1 Å². The van der Waals surface area contributed by atoms with Crippen molar-refractivity contribution in [3.63, 3.8) is 0 Å². The maximum Gasteiger partial charge on any atom is 0.193 e. The van der Waals surface area contributed by atoms with E-state index in [0.29, 0.717) is 0 Å². The molecule has 1 N–H and O–H groups in total. The molecule has 0 bridgehead atoms. The minimum absolute atomic E-state index is 0. The van der Waals surface area contributed by atoms with Crippen LogP contribution in [0.5, 0.6) is 0 Å². The summed E-state index contributed by atoms with van der Waals surface area (Å²) >= 11 is 0. The SMILES string of the molecule is CN=C(NCCc1ccc(N(C)C)cc1)N(C)CCC1CCOCC1.I. The molecule has 0 spiro atoms. The number of aliphatic imine (C=N–C) groups is 1. The third-order valence-electron chi connectivity index (χ3n) is 4.94. The van der Waals surface area contributed by atoms with Crippen molar-refractivity contribution in [3.8, 4) is 0 Å². The number of hydrogen-bond donors (Lipinski definition) is 1. The Bertz CT molecular complexity index is 527. The lowest BCUT2D eigenvalue weighted by Gasteiger charge is -2.26. The van der Waals surface area contributed by atoms with Gasteiger partial charge in [-0.2, -0.15) is 0 Å². The molecule has 0 radical (unpaired) electrons. The van der Waals surface area contributed by atoms with E-state index >= 15 is 0 Å². The summed E-state index contributed by atoms with van der Waals surface area (Å²) in [5, 5.41) is 3.48. The van der Waals surface area contributed by atoms with Crippen LogP contribution in [0, 0.1) is 5.92 Å². The van der Waals surface area contributed by atoms with Crippen molar-refractivity contribution in [2.75, 3.05) is 59.4 Å². The highest BCUT2D eigenvalue weighted by Gasteiger charge is 2.15. The van der Waals surface area contributed by atoms with Gasteiger partial charge >= 0.3 is 0 Å². The van der Waals surface area contributed by atoms with Crippen molar-refractivity contribution in [1.82, 2.24) is 10.2 Å². The van der Waals surface area contributed by atoms with Gasteiger partial charge in [0.05, 0.1) is 0 Å². The zero-order chi connectivity index (χ0) is 18.1. The molecule has 0 unspecified atom stereocenters. The van der Waals surface area contributed by atoms with E-state index in [4.69, 9.17) is 4.74 Å². The average Bonchev–Trinajstić information content (AvgIpc) is 2.64. The van der Waals surface area contributed by atoms with Gasteiger partial charge in [-0.05, 0) is 49.3 Å². The van der Waals surface area contributed by atoms with Gasteiger partial charge in [0, 0.05) is 60.2 Å². The van der Waals surface area contributed by atoms with E-state index < -0.39 is 0 Å². The number of anilines is 1. The van der Waals surface area contributed by atoms with Gasteiger partial charge in [-0.25, -0.2) is 0 Å². The predicted octanol–water partition coefficient (Wildman–Crippen LogP) is 3.24. The summed E-state index contributed by atoms with van der Waals surface area (Å²) in [6, 6.07) is 8.75. The van der Waals surface area contributed by atoms with Gasteiger partial charge < -0.3 is 19.9 Å². The van der Waals surface area contributed by atoms with E-state index in [2.05, 4.69) is 65.5 Å². The maximum atomic E-state index is 5.44. The number of halogens is 1. The first-order valence-corrected chi connectivity index (χ1v) is 9.36. The molecule has 6 heteroatoms. The van der Waals surface area contributed by atoms with Gasteiger partial charge in [-0.15, -0.1) is 24.0 Å². The molecule has 1 heterocycles. The first-order valence-electron chi connectivity index (χ1n) is 9.36. The molecule has 0 aliphatic carbocycles. The summed E-state index contributed by atoms with van der Waals surface area (Å²) in [7, 11) is 8.12. The Labute approximate surface area is 176 Å². The largest absolute Gasteiger partial charge is 0.381 e. The molecule has 1 saturated heterocycles. The fourth-order valence-corrected chi connectivity index (χ4v) is 3.18. The van der Waals surface area contributed by atoms with Gasteiger partial charge in [-0.1, -0.05) is 12.1 Å². The monoisotopic (exact) mass is 474 g/mol. The zero-order valence-corrected chi connectivity index (χ0v) is 19.0. The van der Waals surface area contributed by atoms with Crippen LogP contribution < -0.4 is 10.2 Å². The maximum absolute atomic E-state index is 5.44. The summed E-state index contributed by atoms with van der Waals surface area (Å²) in [4.78, 5) is 8.78. The Balaban J connectivity index is 0.00000338. The number of ether oxygens (including phenoxy) is 1. The molecule has 1 aliphatic heterocycles. The summed E-state index contributed by atoms with van der Waals surface area (Å²) in [5.41, 5.74) is 2.58. The van der Waals surface area contributed by atoms with Crippen molar-refractivity contribution in [1.29, 1.82) is 0 Å². The summed E-state index contributed by atoms with van der Waals surface area (Å²) in [6.45, 7) is 3.79. The zero-order valence-electron chi connectivity index (χ0n) is 16.7. The summed E-state index contributed by atoms with van der Waals surface area (Å²) in [5.74, 6) is 1.78. The Morgan fingerprint density at radius 2 is 1.81 bits per heavy atom. The lowest BCUT2D eigenvalue weighted by atomic mass is 9.96. The minimum atomic E-state index is 0. The van der Waals surface area contributed by atoms with Crippen molar-refractivity contribution < 1.29 is 4.74 Å². The molecule has 0 saturated carbocycles. The van der Waals surface area contributed by atoms with Crippen molar-refractivity contribution in [2.24, 2.45) is 10.9 Å². The molecule has 1 aromatic carbocycles. The molecule has 148 valence electrons. The molecule has 1 aliphatic rings. The second-order valence-electron chi connectivity index (χ2n) is 7.05. The van der Waals surface area contributed by atoms with E-state index in [-0.39, 0.29) is 24.0 Å². The van der Waals surface area contributed by atoms with E-state index in [0.717, 1.165) is 44.6 Å². The van der Waals surface area contributed by atoms with Crippen molar-refractivity contribution in [3.05, 3.63) is 29.8 Å². The molecule has 1 aromatic rings. The van der Waals surface area contributed by atoms with E-state index in [9.17, 15) is 0 Å². The predicted molar refractivity (Wildman–Crippen MR) is 122 cm³/mol. The van der Waals surface area contributed by atoms with Crippen LogP contribution in [0.25, 0.3) is 0 Å². The van der Waals surface area contributed by atoms with E-state index in [1.165, 1.54) is 30.5 Å². The molecule has 0 aromatic heterocycles. The summed E-state index contributed by atoms with van der Waals surface area (Å²) in [6.07, 6.45) is 4.61. The number of guanidine groups is 1. The lowest BCUT2D eigenvalue weighted by Crippen LogP contribution is -2.40. The fraction of sp³-hybridized carbons (Fsp3) is 0.650. The standard InChI is InChI=1S/C20H34N4O.HI/c1-21-20(24(4)14-10-18-11-15-25-16-12-18)22-13-9-17-5-7-19(8-6-17)23(2)3;/h5-8,18H,9-16H2,1-4H3,(H,21,22);1H. The Morgan fingerprint density at radius 3 is 2.38 bits per heavy atom. The Kier molecular flexibility index (Phi) is 11.0. The third-order valence-corrected chi connectivity index (χ3v) is 4.94. The fourth-order valence-electron chi connectivity index (χ4n) is 3.18. The van der Waals surface area contributed by atoms with E-state index in [1.807, 2.05) is 7.05 Å². The van der Waals surface area contributed by atoms with Crippen molar-refractivity contribution in [2.45, 2.75) is 25.7 Å². The lowest BCUT2D eigenvalue weighted by molar-refractivity contribution is 0.0625. The molecule has 2 rings (SSSR count). The van der Waals surface area contributed by atoms with Crippen LogP contribution in [0.4, 0.5) is 5.69 Å². The third kappa shape index (κ3) is 7.70. The first kappa shape index (κ1) is 23.0. The number of nitrogens with zero attached hydrogens (tertiary/aromatic N) is 3. The highest BCUT2D eigenvalue weighted by atomic mass is 127. The molecule has 0 amide bonds. The van der Waals surface area contributed by atoms with Gasteiger partial charge in [0.15, 0.2) is 5.96 Å². The number of nitrogens with one attached hydrogen (secondary N) is 1. The highest BCUT2D eigenvalue weighted by molar-refractivity contribution is 14.0. The first-order chi connectivity index (χ1) is 12.1. The molecule has 0 atom stereocenters. The second-order valence-corrected chi connectivity index (χ2v) is 7.05. The molecule has 5 nitrogen and oxygen atoms in total. The molecular formula is C20H35IN4O. The van der Waals surface area contributed by atoms with Gasteiger partial charge in [0.25, 0.3) is 0 Å². The second kappa shape index (κ2) is 12.4. The number of rotatable bonds is 7. The minimum Gasteiger partial charge on any atom is -0.381 e. The van der Waals surface area contributed by atoms with Crippen LogP contribution in [-0.2, 0) is 11.2 Å². The molecular weight excluding hydrogens is 439 g/mol. The normalized spacial score (nSPS) is 15.3. The smallest absolute Gasteiger partial charge is 0.193 e. The molecule has 26 heavy (non-hydrogen) atoms. The molecule has 1 fully saturated rings. The van der Waals surface area contributed by atoms with Gasteiger partial charge in [0.1, 0.15) is 0 Å². The van der Waals surface area contributed by atoms with Crippen LogP contribution >= 0.6 is 24.0 Å². The number of hydrogen-bond acceptors (Lipinski definition) is 3. The Hall–Kier alpha value is -1.02. The summed E-state index contributed by atoms with van der Waals surface area (Å²) < 4.78 is 5.44. The van der Waals surface area contributed by atoms with Crippen molar-refractivity contribution >= 4 is 35.6 Å². The highest BCUT2D eigenvalue weighted by Crippen LogP contribution is 2.18. The quantitative estimate of drug-likeness (QED) is 0.374. The van der Waals surface area contributed by atoms with E-state index in [1.54, 1.807) is 0 Å². The average molecular weight is 474 g/mol. The van der Waals surface area contributed by atoms with Crippen LogP contribution in [0.2, 0.25) is 0 Å². The van der Waals surface area contributed by atoms with Crippen LogP contribution in [0.3, 0.4) is 0 Å². The van der Waals surface area contributed by atoms with Crippen LogP contribution in [0.1, 0.15) is 24.8 Å². The Morgan fingerprint density at radius 1 is 1.15 bits per heavy atom. The van der Waals surface area contributed by atoms with Crippen LogP contribution in [-0.4, -0.2) is 65.4 Å². The van der Waals surface area contributed by atoms with Crippen LogP contribution in [0.15, 0.2) is 29.3 Å². The van der Waals surface area contributed by atoms with Gasteiger partial charge in [-0.3, -0.25) is 4.99 Å².